The van der Waals surface area contributed by atoms with E-state index in [1.165, 1.54) is 6.42 Å². The maximum absolute atomic E-state index is 5.84. The number of hydrogen-bond donors (Lipinski definition) is 0. The lowest BCUT2D eigenvalue weighted by molar-refractivity contribution is 0.0439. The largest absolute Gasteiger partial charge is 0.376 e. The standard InChI is InChI=1S/C14H21ClN2O/c1-2-8-18-13-4-3-7-17(11-13)14-6-5-12(9-15)10-16-14/h5-6,10,13H,2-4,7-9,11H2,1H3. The molecule has 0 amide bonds. The SMILES string of the molecule is CCCOC1CCCN(c2ccc(CCl)cn2)C1. The molecule has 18 heavy (non-hydrogen) atoms. The van der Waals surface area contributed by atoms with Crippen molar-refractivity contribution in [3.8, 4) is 0 Å². The predicted octanol–water partition coefficient (Wildman–Crippen LogP) is 3.22. The number of hydrogen-bond acceptors (Lipinski definition) is 3. The predicted molar refractivity (Wildman–Crippen MR) is 75.3 cm³/mol. The van der Waals surface area contributed by atoms with E-state index >= 15 is 0 Å². The normalized spacial score (nSPS) is 20.1. The zero-order valence-corrected chi connectivity index (χ0v) is 11.7. The van der Waals surface area contributed by atoms with Crippen molar-refractivity contribution in [2.75, 3.05) is 24.6 Å². The summed E-state index contributed by atoms with van der Waals surface area (Å²) in [4.78, 5) is 6.78. The number of ether oxygens (including phenoxy) is 1. The highest BCUT2D eigenvalue weighted by Gasteiger charge is 2.20. The second kappa shape index (κ2) is 6.95. The van der Waals surface area contributed by atoms with E-state index in [2.05, 4.69) is 22.9 Å². The van der Waals surface area contributed by atoms with Gasteiger partial charge in [0.2, 0.25) is 0 Å². The summed E-state index contributed by atoms with van der Waals surface area (Å²) in [6.45, 7) is 5.02. The van der Waals surface area contributed by atoms with Crippen LogP contribution in [0.1, 0.15) is 31.7 Å². The van der Waals surface area contributed by atoms with Gasteiger partial charge in [0, 0.05) is 31.8 Å². The summed E-state index contributed by atoms with van der Waals surface area (Å²) < 4.78 is 5.84. The molecule has 1 atom stereocenters. The van der Waals surface area contributed by atoms with Gasteiger partial charge in [0.05, 0.1) is 6.10 Å². The van der Waals surface area contributed by atoms with Gasteiger partial charge in [-0.15, -0.1) is 11.6 Å². The Morgan fingerprint density at radius 3 is 3.06 bits per heavy atom. The molecule has 1 aromatic rings. The molecule has 4 heteroatoms. The maximum atomic E-state index is 5.84. The van der Waals surface area contributed by atoms with Gasteiger partial charge in [-0.3, -0.25) is 0 Å². The number of aromatic nitrogens is 1. The van der Waals surface area contributed by atoms with Crippen molar-refractivity contribution in [1.29, 1.82) is 0 Å². The van der Waals surface area contributed by atoms with E-state index in [1.54, 1.807) is 0 Å². The molecular formula is C14H21ClN2O. The Bertz CT molecular complexity index is 355. The van der Waals surface area contributed by atoms with Crippen LogP contribution in [0.15, 0.2) is 18.3 Å². The van der Waals surface area contributed by atoms with E-state index in [1.807, 2.05) is 12.3 Å². The van der Waals surface area contributed by atoms with E-state index in [9.17, 15) is 0 Å². The molecule has 1 fully saturated rings. The molecule has 1 saturated heterocycles. The summed E-state index contributed by atoms with van der Waals surface area (Å²) in [6.07, 6.45) is 5.63. The Labute approximate surface area is 114 Å². The first-order valence-corrected chi connectivity index (χ1v) is 7.24. The summed E-state index contributed by atoms with van der Waals surface area (Å²) in [5.74, 6) is 1.56. The molecule has 0 radical (unpaired) electrons. The zero-order chi connectivity index (χ0) is 12.8. The third kappa shape index (κ3) is 3.59. The average molecular weight is 269 g/mol. The van der Waals surface area contributed by atoms with Crippen LogP contribution in [0.5, 0.6) is 0 Å². The third-order valence-corrected chi connectivity index (χ3v) is 3.53. The molecule has 0 bridgehead atoms. The lowest BCUT2D eigenvalue weighted by Gasteiger charge is -2.33. The van der Waals surface area contributed by atoms with Crippen molar-refractivity contribution in [2.45, 2.75) is 38.2 Å². The fraction of sp³-hybridized carbons (Fsp3) is 0.643. The highest BCUT2D eigenvalue weighted by Crippen LogP contribution is 2.20. The molecular weight excluding hydrogens is 248 g/mol. The number of rotatable bonds is 5. The summed E-state index contributed by atoms with van der Waals surface area (Å²) in [5, 5.41) is 0. The Kier molecular flexibility index (Phi) is 5.26. The van der Waals surface area contributed by atoms with E-state index in [4.69, 9.17) is 16.3 Å². The number of alkyl halides is 1. The molecule has 100 valence electrons. The van der Waals surface area contributed by atoms with E-state index in [0.717, 1.165) is 43.9 Å². The smallest absolute Gasteiger partial charge is 0.128 e. The van der Waals surface area contributed by atoms with Crippen molar-refractivity contribution >= 4 is 17.4 Å². The number of anilines is 1. The number of piperidine rings is 1. The fourth-order valence-electron chi connectivity index (χ4n) is 2.25. The Morgan fingerprint density at radius 2 is 2.39 bits per heavy atom. The van der Waals surface area contributed by atoms with Crippen molar-refractivity contribution in [2.24, 2.45) is 0 Å². The van der Waals surface area contributed by atoms with Crippen LogP contribution >= 0.6 is 11.6 Å². The molecule has 0 aliphatic carbocycles. The minimum atomic E-state index is 0.355. The molecule has 2 heterocycles. The minimum absolute atomic E-state index is 0.355. The van der Waals surface area contributed by atoms with Crippen LogP contribution < -0.4 is 4.90 Å². The zero-order valence-electron chi connectivity index (χ0n) is 10.9. The molecule has 1 aromatic heterocycles. The van der Waals surface area contributed by atoms with Gasteiger partial charge in [-0.1, -0.05) is 13.0 Å². The maximum Gasteiger partial charge on any atom is 0.128 e. The van der Waals surface area contributed by atoms with Gasteiger partial charge in [0.1, 0.15) is 5.82 Å². The summed E-state index contributed by atoms with van der Waals surface area (Å²) >= 11 is 5.77. The van der Waals surface area contributed by atoms with Gasteiger partial charge in [0.25, 0.3) is 0 Å². The lowest BCUT2D eigenvalue weighted by Crippen LogP contribution is -2.40. The van der Waals surface area contributed by atoms with Crippen LogP contribution in [-0.2, 0) is 10.6 Å². The number of pyridine rings is 1. The van der Waals surface area contributed by atoms with E-state index in [-0.39, 0.29) is 0 Å². The number of halogens is 1. The third-order valence-electron chi connectivity index (χ3n) is 3.22. The Hall–Kier alpha value is -0.800. The molecule has 1 unspecified atom stereocenters. The number of nitrogens with zero attached hydrogens (tertiary/aromatic N) is 2. The van der Waals surface area contributed by atoms with Crippen molar-refractivity contribution in [3.05, 3.63) is 23.9 Å². The molecule has 2 rings (SSSR count). The molecule has 1 aliphatic rings. The highest BCUT2D eigenvalue weighted by molar-refractivity contribution is 6.17. The topological polar surface area (TPSA) is 25.4 Å². The first kappa shape index (κ1) is 13.6. The van der Waals surface area contributed by atoms with Crippen LogP contribution in [-0.4, -0.2) is 30.8 Å². The van der Waals surface area contributed by atoms with Gasteiger partial charge in [-0.05, 0) is 30.9 Å². The van der Waals surface area contributed by atoms with Crippen LogP contribution in [0.2, 0.25) is 0 Å². The summed E-state index contributed by atoms with van der Waals surface area (Å²) in [6, 6.07) is 4.10. The lowest BCUT2D eigenvalue weighted by atomic mass is 10.1. The highest BCUT2D eigenvalue weighted by atomic mass is 35.5. The quantitative estimate of drug-likeness (QED) is 0.767. The van der Waals surface area contributed by atoms with Gasteiger partial charge < -0.3 is 9.64 Å². The van der Waals surface area contributed by atoms with Crippen molar-refractivity contribution in [1.82, 2.24) is 4.98 Å². The van der Waals surface area contributed by atoms with E-state index in [0.29, 0.717) is 12.0 Å². The molecule has 0 N–H and O–H groups in total. The minimum Gasteiger partial charge on any atom is -0.376 e. The average Bonchev–Trinajstić information content (AvgIpc) is 2.45. The Balaban J connectivity index is 1.94. The van der Waals surface area contributed by atoms with Crippen LogP contribution in [0.4, 0.5) is 5.82 Å². The molecule has 0 saturated carbocycles. The fourth-order valence-corrected chi connectivity index (χ4v) is 2.41. The first-order valence-electron chi connectivity index (χ1n) is 6.71. The van der Waals surface area contributed by atoms with Crippen molar-refractivity contribution in [3.63, 3.8) is 0 Å². The summed E-state index contributed by atoms with van der Waals surface area (Å²) in [7, 11) is 0. The monoisotopic (exact) mass is 268 g/mol. The molecule has 0 aromatic carbocycles. The van der Waals surface area contributed by atoms with Gasteiger partial charge in [-0.2, -0.15) is 0 Å². The van der Waals surface area contributed by atoms with Crippen molar-refractivity contribution < 1.29 is 4.74 Å². The first-order chi connectivity index (χ1) is 8.83. The van der Waals surface area contributed by atoms with Gasteiger partial charge in [0.15, 0.2) is 0 Å². The second-order valence-electron chi connectivity index (χ2n) is 4.74. The van der Waals surface area contributed by atoms with Crippen LogP contribution in [0, 0.1) is 0 Å². The van der Waals surface area contributed by atoms with E-state index < -0.39 is 0 Å². The van der Waals surface area contributed by atoms with Gasteiger partial charge >= 0.3 is 0 Å². The summed E-state index contributed by atoms with van der Waals surface area (Å²) in [5.41, 5.74) is 1.07. The Morgan fingerprint density at radius 1 is 1.50 bits per heavy atom. The molecule has 3 nitrogen and oxygen atoms in total. The van der Waals surface area contributed by atoms with Crippen LogP contribution in [0.3, 0.4) is 0 Å². The van der Waals surface area contributed by atoms with Crippen LogP contribution in [0.25, 0.3) is 0 Å². The van der Waals surface area contributed by atoms with Gasteiger partial charge in [-0.25, -0.2) is 4.98 Å². The molecule has 0 spiro atoms. The molecule has 1 aliphatic heterocycles. The second-order valence-corrected chi connectivity index (χ2v) is 5.01.